The summed E-state index contributed by atoms with van der Waals surface area (Å²) in [5.74, 6) is 0.721. The molecular weight excluding hydrogens is 262 g/mol. The normalized spacial score (nSPS) is 19.6. The summed E-state index contributed by atoms with van der Waals surface area (Å²) in [4.78, 5) is 0. The van der Waals surface area contributed by atoms with Crippen LogP contribution in [0.15, 0.2) is 12.3 Å². The Hall–Kier alpha value is -0.870. The zero-order valence-corrected chi connectivity index (χ0v) is 13.8. The molecular formula is C17H31N3O. The molecule has 0 amide bonds. The number of hydrogen-bond donors (Lipinski definition) is 1. The molecule has 1 saturated heterocycles. The van der Waals surface area contributed by atoms with Gasteiger partial charge in [-0.25, -0.2) is 0 Å². The molecule has 21 heavy (non-hydrogen) atoms. The SMILES string of the molecule is CCCNC(Cc1ccn(C(C)CC)n1)C1CCOCC1. The minimum Gasteiger partial charge on any atom is -0.381 e. The fraction of sp³-hybridized carbons (Fsp3) is 0.824. The maximum Gasteiger partial charge on any atom is 0.0640 e. The monoisotopic (exact) mass is 293 g/mol. The van der Waals surface area contributed by atoms with E-state index in [0.29, 0.717) is 12.1 Å². The topological polar surface area (TPSA) is 39.1 Å². The average molecular weight is 293 g/mol. The average Bonchev–Trinajstić information content (AvgIpc) is 3.00. The van der Waals surface area contributed by atoms with Crippen LogP contribution < -0.4 is 5.32 Å². The van der Waals surface area contributed by atoms with Crippen molar-refractivity contribution in [2.75, 3.05) is 19.8 Å². The maximum atomic E-state index is 5.51. The van der Waals surface area contributed by atoms with Gasteiger partial charge in [0, 0.05) is 37.9 Å². The summed E-state index contributed by atoms with van der Waals surface area (Å²) in [7, 11) is 0. The summed E-state index contributed by atoms with van der Waals surface area (Å²) in [6, 6.07) is 3.21. The largest absolute Gasteiger partial charge is 0.381 e. The highest BCUT2D eigenvalue weighted by Crippen LogP contribution is 2.21. The van der Waals surface area contributed by atoms with Gasteiger partial charge in [0.2, 0.25) is 0 Å². The van der Waals surface area contributed by atoms with Gasteiger partial charge < -0.3 is 10.1 Å². The van der Waals surface area contributed by atoms with Gasteiger partial charge in [0.25, 0.3) is 0 Å². The molecule has 1 N–H and O–H groups in total. The zero-order chi connectivity index (χ0) is 15.1. The van der Waals surface area contributed by atoms with E-state index in [-0.39, 0.29) is 0 Å². The summed E-state index contributed by atoms with van der Waals surface area (Å²) in [5, 5.41) is 8.50. The number of hydrogen-bond acceptors (Lipinski definition) is 3. The van der Waals surface area contributed by atoms with E-state index in [4.69, 9.17) is 9.84 Å². The van der Waals surface area contributed by atoms with Gasteiger partial charge >= 0.3 is 0 Å². The van der Waals surface area contributed by atoms with Crippen LogP contribution in [-0.4, -0.2) is 35.6 Å². The molecule has 0 spiro atoms. The van der Waals surface area contributed by atoms with Crippen molar-refractivity contribution in [2.24, 2.45) is 5.92 Å². The molecule has 120 valence electrons. The second-order valence-corrected chi connectivity index (χ2v) is 6.26. The zero-order valence-electron chi connectivity index (χ0n) is 13.8. The van der Waals surface area contributed by atoms with E-state index >= 15 is 0 Å². The Bertz CT molecular complexity index is 398. The lowest BCUT2D eigenvalue weighted by molar-refractivity contribution is 0.0536. The molecule has 4 nitrogen and oxygen atoms in total. The van der Waals surface area contributed by atoms with Gasteiger partial charge in [0.15, 0.2) is 0 Å². The van der Waals surface area contributed by atoms with Gasteiger partial charge in [-0.05, 0) is 51.1 Å². The van der Waals surface area contributed by atoms with Crippen molar-refractivity contribution in [3.63, 3.8) is 0 Å². The van der Waals surface area contributed by atoms with Crippen LogP contribution >= 0.6 is 0 Å². The Morgan fingerprint density at radius 3 is 2.81 bits per heavy atom. The second-order valence-electron chi connectivity index (χ2n) is 6.26. The second kappa shape index (κ2) is 8.54. The molecule has 2 rings (SSSR count). The minimum absolute atomic E-state index is 0.490. The Balaban J connectivity index is 1.98. The predicted octanol–water partition coefficient (Wildman–Crippen LogP) is 3.19. The lowest BCUT2D eigenvalue weighted by atomic mass is 9.89. The molecule has 1 aliphatic heterocycles. The molecule has 2 unspecified atom stereocenters. The van der Waals surface area contributed by atoms with Crippen LogP contribution in [0, 0.1) is 5.92 Å². The van der Waals surface area contributed by atoms with Crippen molar-refractivity contribution in [3.8, 4) is 0 Å². The first-order valence-corrected chi connectivity index (χ1v) is 8.59. The molecule has 0 bridgehead atoms. The molecule has 1 fully saturated rings. The molecule has 0 aromatic carbocycles. The van der Waals surface area contributed by atoms with Gasteiger partial charge in [-0.3, -0.25) is 4.68 Å². The number of aromatic nitrogens is 2. The smallest absolute Gasteiger partial charge is 0.0640 e. The van der Waals surface area contributed by atoms with E-state index in [9.17, 15) is 0 Å². The highest BCUT2D eigenvalue weighted by atomic mass is 16.5. The van der Waals surface area contributed by atoms with Crippen molar-refractivity contribution in [3.05, 3.63) is 18.0 Å². The van der Waals surface area contributed by atoms with Crippen LogP contribution in [-0.2, 0) is 11.2 Å². The van der Waals surface area contributed by atoms with Crippen LogP contribution in [0.2, 0.25) is 0 Å². The Morgan fingerprint density at radius 1 is 1.38 bits per heavy atom. The quantitative estimate of drug-likeness (QED) is 0.800. The highest BCUT2D eigenvalue weighted by Gasteiger charge is 2.24. The summed E-state index contributed by atoms with van der Waals surface area (Å²) in [6.07, 6.45) is 7.82. The van der Waals surface area contributed by atoms with Gasteiger partial charge in [-0.15, -0.1) is 0 Å². The summed E-state index contributed by atoms with van der Waals surface area (Å²) in [5.41, 5.74) is 1.22. The van der Waals surface area contributed by atoms with Crippen molar-refractivity contribution in [2.45, 2.75) is 65.0 Å². The highest BCUT2D eigenvalue weighted by molar-refractivity contribution is 5.03. The third-order valence-corrected chi connectivity index (χ3v) is 4.63. The van der Waals surface area contributed by atoms with Crippen molar-refractivity contribution in [1.29, 1.82) is 0 Å². The first-order chi connectivity index (χ1) is 10.2. The number of rotatable bonds is 8. The van der Waals surface area contributed by atoms with Crippen molar-refractivity contribution >= 4 is 0 Å². The van der Waals surface area contributed by atoms with Crippen LogP contribution in [0.25, 0.3) is 0 Å². The van der Waals surface area contributed by atoms with E-state index in [1.165, 1.54) is 25.0 Å². The van der Waals surface area contributed by atoms with Crippen LogP contribution in [0.3, 0.4) is 0 Å². The van der Waals surface area contributed by atoms with Gasteiger partial charge in [-0.1, -0.05) is 13.8 Å². The van der Waals surface area contributed by atoms with Gasteiger partial charge in [-0.2, -0.15) is 5.10 Å². The number of nitrogens with zero attached hydrogens (tertiary/aromatic N) is 2. The Kier molecular flexibility index (Phi) is 6.71. The lowest BCUT2D eigenvalue weighted by Crippen LogP contribution is -2.41. The minimum atomic E-state index is 0.490. The van der Waals surface area contributed by atoms with E-state index < -0.39 is 0 Å². The fourth-order valence-corrected chi connectivity index (χ4v) is 3.00. The fourth-order valence-electron chi connectivity index (χ4n) is 3.00. The Labute approximate surface area is 129 Å². The Morgan fingerprint density at radius 2 is 2.14 bits per heavy atom. The standard InChI is InChI=1S/C17H31N3O/c1-4-9-18-17(15-7-11-21-12-8-15)13-16-6-10-20(19-16)14(3)5-2/h6,10,14-15,17-18H,4-5,7-9,11-13H2,1-3H3. The molecule has 2 heterocycles. The summed E-state index contributed by atoms with van der Waals surface area (Å²) in [6.45, 7) is 9.58. The molecule has 0 radical (unpaired) electrons. The van der Waals surface area contributed by atoms with Crippen LogP contribution in [0.4, 0.5) is 0 Å². The van der Waals surface area contributed by atoms with Crippen molar-refractivity contribution < 1.29 is 4.74 Å². The van der Waals surface area contributed by atoms with E-state index in [1.54, 1.807) is 0 Å². The molecule has 2 atom stereocenters. The first-order valence-electron chi connectivity index (χ1n) is 8.59. The van der Waals surface area contributed by atoms with Gasteiger partial charge in [0.05, 0.1) is 5.69 Å². The third-order valence-electron chi connectivity index (χ3n) is 4.63. The van der Waals surface area contributed by atoms with E-state index in [0.717, 1.165) is 38.5 Å². The molecule has 0 saturated carbocycles. The summed E-state index contributed by atoms with van der Waals surface area (Å²) >= 11 is 0. The van der Waals surface area contributed by atoms with Gasteiger partial charge in [0.1, 0.15) is 0 Å². The lowest BCUT2D eigenvalue weighted by Gasteiger charge is -2.30. The summed E-state index contributed by atoms with van der Waals surface area (Å²) < 4.78 is 7.61. The molecule has 1 aromatic rings. The third kappa shape index (κ3) is 4.82. The molecule has 1 aromatic heterocycles. The molecule has 1 aliphatic rings. The van der Waals surface area contributed by atoms with Crippen molar-refractivity contribution in [1.82, 2.24) is 15.1 Å². The van der Waals surface area contributed by atoms with E-state index in [1.807, 2.05) is 0 Å². The maximum absolute atomic E-state index is 5.51. The number of ether oxygens (including phenoxy) is 1. The van der Waals surface area contributed by atoms with Crippen LogP contribution in [0.5, 0.6) is 0 Å². The van der Waals surface area contributed by atoms with E-state index in [2.05, 4.69) is 43.0 Å². The van der Waals surface area contributed by atoms with Crippen LogP contribution in [0.1, 0.15) is 58.2 Å². The number of nitrogens with one attached hydrogen (secondary N) is 1. The molecule has 4 heteroatoms. The molecule has 0 aliphatic carbocycles. The first kappa shape index (κ1) is 16.5. The predicted molar refractivity (Wildman–Crippen MR) is 86.6 cm³/mol.